The zero-order chi connectivity index (χ0) is 9.84. The molecule has 2 atom stereocenters. The highest BCUT2D eigenvalue weighted by Crippen LogP contribution is 2.30. The zero-order valence-corrected chi connectivity index (χ0v) is 10.1. The van der Waals surface area contributed by atoms with E-state index in [0.717, 1.165) is 16.6 Å². The van der Waals surface area contributed by atoms with Crippen molar-refractivity contribution in [1.82, 2.24) is 4.98 Å². The normalized spacial score (nSPS) is 15.4. The Morgan fingerprint density at radius 1 is 1.62 bits per heavy atom. The van der Waals surface area contributed by atoms with E-state index in [1.807, 2.05) is 25.3 Å². The van der Waals surface area contributed by atoms with Crippen LogP contribution in [0.3, 0.4) is 0 Å². The smallest absolute Gasteiger partial charge is 0.0590 e. The molecule has 0 bridgehead atoms. The molecule has 1 nitrogen and oxygen atoms in total. The molecule has 0 amide bonds. The Morgan fingerprint density at radius 2 is 2.31 bits per heavy atom. The van der Waals surface area contributed by atoms with E-state index in [1.54, 1.807) is 0 Å². The average molecular weight is 263 g/mol. The highest BCUT2D eigenvalue weighted by molar-refractivity contribution is 9.10. The summed E-state index contributed by atoms with van der Waals surface area (Å²) in [6, 6.07) is 3.92. The van der Waals surface area contributed by atoms with E-state index in [4.69, 9.17) is 11.6 Å². The molecule has 0 aliphatic carbocycles. The third-order valence-corrected chi connectivity index (χ3v) is 3.11. The molecule has 13 heavy (non-hydrogen) atoms. The van der Waals surface area contributed by atoms with Crippen LogP contribution in [0, 0.1) is 0 Å². The summed E-state index contributed by atoms with van der Waals surface area (Å²) < 4.78 is 1.05. The van der Waals surface area contributed by atoms with Gasteiger partial charge in [0.15, 0.2) is 0 Å². The van der Waals surface area contributed by atoms with Gasteiger partial charge < -0.3 is 0 Å². The van der Waals surface area contributed by atoms with Crippen molar-refractivity contribution in [3.63, 3.8) is 0 Å². The Kier molecular flexibility index (Phi) is 4.20. The second kappa shape index (κ2) is 4.97. The predicted molar refractivity (Wildman–Crippen MR) is 60.3 cm³/mol. The highest BCUT2D eigenvalue weighted by atomic mass is 79.9. The third-order valence-electron chi connectivity index (χ3n) is 2.13. The largest absolute Gasteiger partial charge is 0.260 e. The lowest BCUT2D eigenvalue weighted by Crippen LogP contribution is -2.10. The number of rotatable bonds is 3. The first-order valence-corrected chi connectivity index (χ1v) is 5.64. The number of pyridine rings is 1. The lowest BCUT2D eigenvalue weighted by atomic mass is 9.98. The van der Waals surface area contributed by atoms with Crippen LogP contribution < -0.4 is 0 Å². The van der Waals surface area contributed by atoms with E-state index in [9.17, 15) is 0 Å². The van der Waals surface area contributed by atoms with Crippen LogP contribution in [0.15, 0.2) is 22.8 Å². The Labute approximate surface area is 92.6 Å². The predicted octanol–water partition coefficient (Wildman–Crippen LogP) is 3.97. The number of hydrogen-bond acceptors (Lipinski definition) is 1. The number of hydrogen-bond donors (Lipinski definition) is 0. The average Bonchev–Trinajstić information content (AvgIpc) is 2.09. The zero-order valence-electron chi connectivity index (χ0n) is 7.80. The van der Waals surface area contributed by atoms with E-state index >= 15 is 0 Å². The van der Waals surface area contributed by atoms with Gasteiger partial charge >= 0.3 is 0 Å². The topological polar surface area (TPSA) is 12.9 Å². The summed E-state index contributed by atoms with van der Waals surface area (Å²) in [7, 11) is 0. The quantitative estimate of drug-likeness (QED) is 0.751. The van der Waals surface area contributed by atoms with Gasteiger partial charge in [0, 0.05) is 22.0 Å². The van der Waals surface area contributed by atoms with Crippen molar-refractivity contribution in [2.75, 3.05) is 0 Å². The number of halogens is 2. The van der Waals surface area contributed by atoms with Gasteiger partial charge in [-0.3, -0.25) is 4.98 Å². The third kappa shape index (κ3) is 2.68. The van der Waals surface area contributed by atoms with E-state index in [2.05, 4.69) is 27.8 Å². The molecule has 1 aromatic rings. The second-order valence-corrected chi connectivity index (χ2v) is 4.61. The summed E-state index contributed by atoms with van der Waals surface area (Å²) in [4.78, 5) is 4.34. The van der Waals surface area contributed by atoms with Crippen LogP contribution >= 0.6 is 27.5 Å². The van der Waals surface area contributed by atoms with Crippen LogP contribution in [0.4, 0.5) is 0 Å². The Balaban J connectivity index is 2.97. The van der Waals surface area contributed by atoms with Crippen molar-refractivity contribution in [2.24, 2.45) is 0 Å². The first kappa shape index (κ1) is 11.0. The van der Waals surface area contributed by atoms with E-state index in [-0.39, 0.29) is 5.38 Å². The molecule has 0 saturated heterocycles. The van der Waals surface area contributed by atoms with Crippen LogP contribution in [0.1, 0.15) is 31.9 Å². The first-order valence-electron chi connectivity index (χ1n) is 4.41. The molecular formula is C10H13BrClN. The molecule has 2 unspecified atom stereocenters. The summed E-state index contributed by atoms with van der Waals surface area (Å²) in [5.74, 6) is 0.331. The first-order chi connectivity index (χ1) is 6.16. The molecule has 1 rings (SSSR count). The number of aromatic nitrogens is 1. The molecule has 0 aromatic carbocycles. The Hall–Kier alpha value is -0.0800. The van der Waals surface area contributed by atoms with Crippen LogP contribution in [0.2, 0.25) is 0 Å². The summed E-state index contributed by atoms with van der Waals surface area (Å²) >= 11 is 9.57. The maximum absolute atomic E-state index is 6.09. The molecule has 1 aromatic heterocycles. The molecule has 0 radical (unpaired) electrons. The van der Waals surface area contributed by atoms with Crippen molar-refractivity contribution in [2.45, 2.75) is 31.6 Å². The van der Waals surface area contributed by atoms with E-state index < -0.39 is 0 Å². The summed E-state index contributed by atoms with van der Waals surface area (Å²) in [5, 5.41) is 0.121. The number of alkyl halides is 1. The van der Waals surface area contributed by atoms with Gasteiger partial charge in [0.2, 0.25) is 0 Å². The van der Waals surface area contributed by atoms with Gasteiger partial charge in [-0.05, 0) is 41.4 Å². The van der Waals surface area contributed by atoms with Crippen molar-refractivity contribution >= 4 is 27.5 Å². The molecule has 0 aliphatic rings. The molecule has 3 heteroatoms. The van der Waals surface area contributed by atoms with E-state index in [0.29, 0.717) is 5.92 Å². The molecule has 1 heterocycles. The standard InChI is InChI=1S/C10H13BrClN/c1-3-8(7(2)12)10-9(11)5-4-6-13-10/h4-8H,3H2,1-2H3. The fourth-order valence-corrected chi connectivity index (χ4v) is 2.25. The van der Waals surface area contributed by atoms with Crippen LogP contribution in [0.5, 0.6) is 0 Å². The maximum atomic E-state index is 6.09. The van der Waals surface area contributed by atoms with Crippen molar-refractivity contribution < 1.29 is 0 Å². The van der Waals surface area contributed by atoms with Crippen molar-refractivity contribution in [1.29, 1.82) is 0 Å². The Morgan fingerprint density at radius 3 is 2.77 bits per heavy atom. The fraction of sp³-hybridized carbons (Fsp3) is 0.500. The van der Waals surface area contributed by atoms with Gasteiger partial charge in [0.05, 0.1) is 5.69 Å². The minimum atomic E-state index is 0.121. The van der Waals surface area contributed by atoms with Crippen LogP contribution in [-0.4, -0.2) is 10.4 Å². The minimum Gasteiger partial charge on any atom is -0.260 e. The lowest BCUT2D eigenvalue weighted by Gasteiger charge is -2.17. The summed E-state index contributed by atoms with van der Waals surface area (Å²) in [6.07, 6.45) is 2.82. The molecule has 0 aliphatic heterocycles. The molecule has 0 spiro atoms. The van der Waals surface area contributed by atoms with Crippen molar-refractivity contribution in [3.05, 3.63) is 28.5 Å². The fourth-order valence-electron chi connectivity index (χ4n) is 1.41. The Bertz CT molecular complexity index is 275. The van der Waals surface area contributed by atoms with Gasteiger partial charge in [-0.25, -0.2) is 0 Å². The summed E-state index contributed by atoms with van der Waals surface area (Å²) in [6.45, 7) is 4.14. The molecule has 0 fully saturated rings. The van der Waals surface area contributed by atoms with Gasteiger partial charge in [0.25, 0.3) is 0 Å². The minimum absolute atomic E-state index is 0.121. The number of nitrogens with zero attached hydrogens (tertiary/aromatic N) is 1. The van der Waals surface area contributed by atoms with Crippen molar-refractivity contribution in [3.8, 4) is 0 Å². The second-order valence-electron chi connectivity index (χ2n) is 3.06. The van der Waals surface area contributed by atoms with Crippen LogP contribution in [-0.2, 0) is 0 Å². The van der Waals surface area contributed by atoms with Gasteiger partial charge in [-0.15, -0.1) is 11.6 Å². The monoisotopic (exact) mass is 261 g/mol. The highest BCUT2D eigenvalue weighted by Gasteiger charge is 2.18. The summed E-state index contributed by atoms with van der Waals surface area (Å²) in [5.41, 5.74) is 1.06. The van der Waals surface area contributed by atoms with Gasteiger partial charge in [0.1, 0.15) is 0 Å². The van der Waals surface area contributed by atoms with E-state index in [1.165, 1.54) is 0 Å². The lowest BCUT2D eigenvalue weighted by molar-refractivity contribution is 0.627. The van der Waals surface area contributed by atoms with Crippen LogP contribution in [0.25, 0.3) is 0 Å². The van der Waals surface area contributed by atoms with Gasteiger partial charge in [-0.2, -0.15) is 0 Å². The molecule has 0 N–H and O–H groups in total. The molecule has 72 valence electrons. The SMILES string of the molecule is CCC(c1ncccc1Br)C(C)Cl. The maximum Gasteiger partial charge on any atom is 0.0590 e. The van der Waals surface area contributed by atoms with Gasteiger partial charge in [-0.1, -0.05) is 6.92 Å². The molecule has 0 saturated carbocycles. The molecular weight excluding hydrogens is 249 g/mol.